The number of benzene rings is 2. The summed E-state index contributed by atoms with van der Waals surface area (Å²) in [5, 5.41) is 3.23. The number of nitrogens with zero attached hydrogens (tertiary/aromatic N) is 2. The molecule has 2 heterocycles. The van der Waals surface area contributed by atoms with Crippen LogP contribution in [0, 0.1) is 23.4 Å². The Kier molecular flexibility index (Phi) is 11.7. The lowest BCUT2D eigenvalue weighted by molar-refractivity contribution is -0.136. The normalized spacial score (nSPS) is 14.8. The van der Waals surface area contributed by atoms with E-state index < -0.39 is 17.5 Å². The first kappa shape index (κ1) is 29.5. The quantitative estimate of drug-likeness (QED) is 0.143. The van der Waals surface area contributed by atoms with Gasteiger partial charge >= 0.3 is 0 Å². The number of aromatic nitrogens is 1. The molecule has 198 valence electrons. The molecule has 37 heavy (non-hydrogen) atoms. The van der Waals surface area contributed by atoms with E-state index in [9.17, 15) is 18.0 Å². The Bertz CT molecular complexity index is 1190. The molecule has 0 aliphatic carbocycles. The van der Waals surface area contributed by atoms with Gasteiger partial charge in [-0.2, -0.15) is 0 Å². The zero-order valence-electron chi connectivity index (χ0n) is 20.3. The van der Waals surface area contributed by atoms with Crippen LogP contribution in [0.5, 0.6) is 5.75 Å². The molecule has 1 aliphatic heterocycles. The molecule has 1 amide bonds. The number of nitrogens with one attached hydrogen (secondary N) is 1. The second-order valence-corrected chi connectivity index (χ2v) is 8.61. The van der Waals surface area contributed by atoms with Crippen LogP contribution < -0.4 is 10.1 Å². The van der Waals surface area contributed by atoms with E-state index in [1.165, 1.54) is 11.0 Å². The molecule has 0 saturated heterocycles. The number of pyridine rings is 1. The van der Waals surface area contributed by atoms with E-state index >= 15 is 0 Å². The fourth-order valence-electron chi connectivity index (χ4n) is 4.23. The van der Waals surface area contributed by atoms with Crippen molar-refractivity contribution >= 4 is 49.0 Å². The molecule has 1 unspecified atom stereocenters. The van der Waals surface area contributed by atoms with Crippen molar-refractivity contribution in [3.05, 3.63) is 88.9 Å². The molecule has 5 nitrogen and oxygen atoms in total. The maximum absolute atomic E-state index is 14.3. The second-order valence-electron chi connectivity index (χ2n) is 8.61. The van der Waals surface area contributed by atoms with Gasteiger partial charge in [0.25, 0.3) is 0 Å². The van der Waals surface area contributed by atoms with Crippen LogP contribution in [-0.2, 0) is 24.3 Å². The summed E-state index contributed by atoms with van der Waals surface area (Å²) in [6, 6.07) is 13.5. The maximum atomic E-state index is 14.3. The lowest BCUT2D eigenvalue weighted by Gasteiger charge is -2.24. The number of ether oxygens (including phenoxy) is 1. The predicted octanol–water partition coefficient (Wildman–Crippen LogP) is 7.26. The molecular weight excluding hydrogens is 709 g/mol. The summed E-state index contributed by atoms with van der Waals surface area (Å²) < 4.78 is 47.3. The van der Waals surface area contributed by atoms with Crippen molar-refractivity contribution in [2.75, 3.05) is 18.5 Å². The van der Waals surface area contributed by atoms with Crippen LogP contribution in [0.4, 0.5) is 19.0 Å². The van der Waals surface area contributed by atoms with E-state index in [-0.39, 0.29) is 30.5 Å². The number of hydrogen-bond acceptors (Lipinski definition) is 4. The van der Waals surface area contributed by atoms with Crippen molar-refractivity contribution in [2.45, 2.75) is 39.3 Å². The number of anilines is 1. The second kappa shape index (κ2) is 14.7. The number of carbonyl (C=O) groups is 1. The van der Waals surface area contributed by atoms with Gasteiger partial charge in [0.1, 0.15) is 11.6 Å². The Morgan fingerprint density at radius 2 is 1.89 bits per heavy atom. The summed E-state index contributed by atoms with van der Waals surface area (Å²) >= 11 is 4.24. The van der Waals surface area contributed by atoms with E-state index in [4.69, 9.17) is 4.74 Å². The van der Waals surface area contributed by atoms with Gasteiger partial charge in [0.2, 0.25) is 5.91 Å². The van der Waals surface area contributed by atoms with Gasteiger partial charge in [-0.1, -0.05) is 25.1 Å². The average Bonchev–Trinajstić information content (AvgIpc) is 3.06. The molecule has 0 bridgehead atoms. The van der Waals surface area contributed by atoms with E-state index in [2.05, 4.69) is 47.5 Å². The Morgan fingerprint density at radius 3 is 2.62 bits per heavy atom. The highest BCUT2D eigenvalue weighted by atomic mass is 128. The molecule has 1 aromatic heterocycles. The predicted molar refractivity (Wildman–Crippen MR) is 155 cm³/mol. The van der Waals surface area contributed by atoms with Crippen molar-refractivity contribution in [1.82, 2.24) is 9.88 Å². The molecule has 0 radical (unpaired) electrons. The number of rotatable bonds is 9. The minimum atomic E-state index is -1.52. The molecule has 10 heteroatoms. The van der Waals surface area contributed by atoms with E-state index in [0.717, 1.165) is 29.4 Å². The molecule has 3 aromatic rings. The molecule has 0 spiro atoms. The van der Waals surface area contributed by atoms with Crippen molar-refractivity contribution in [3.8, 4) is 5.75 Å². The molecule has 1 atom stereocenters. The minimum absolute atomic E-state index is 0.0524. The summed E-state index contributed by atoms with van der Waals surface area (Å²) in [4.78, 5) is 18.9. The van der Waals surface area contributed by atoms with Crippen LogP contribution in [0.3, 0.4) is 0 Å². The molecule has 1 N–H and O–H groups in total. The molecule has 2 aromatic carbocycles. The Hall–Kier alpha value is -2.09. The standard InChI is InChI=1S/C27H28F3N3O2.I2/c1-2-18-14-19-7-9-22(35-13-5-12-32-24-6-3-4-11-31-24)15-21(19)17-33(27(18)34)16-20-8-10-23(28)26(30)25(20)29;1-2/h3-4,6-11,15,18H,2,5,12-14,16-17H2,1H3,(H,31,32);. The van der Waals surface area contributed by atoms with Gasteiger partial charge in [0, 0.05) is 74.5 Å². The number of halogens is 5. The number of amides is 1. The van der Waals surface area contributed by atoms with Gasteiger partial charge in [-0.3, -0.25) is 4.79 Å². The zero-order chi connectivity index (χ0) is 26.8. The zero-order valence-corrected chi connectivity index (χ0v) is 24.6. The molecule has 0 saturated carbocycles. The van der Waals surface area contributed by atoms with Crippen LogP contribution in [0.2, 0.25) is 0 Å². The van der Waals surface area contributed by atoms with Gasteiger partial charge in [-0.05, 0) is 60.7 Å². The first-order valence-electron chi connectivity index (χ1n) is 11.9. The number of fused-ring (bicyclic) bond motifs is 1. The molecule has 0 fully saturated rings. The first-order valence-corrected chi connectivity index (χ1v) is 18.2. The van der Waals surface area contributed by atoms with Crippen molar-refractivity contribution < 1.29 is 22.7 Å². The monoisotopic (exact) mass is 737 g/mol. The third-order valence-electron chi connectivity index (χ3n) is 6.20. The molecule has 1 aliphatic rings. The van der Waals surface area contributed by atoms with Crippen LogP contribution in [0.15, 0.2) is 54.7 Å². The summed E-state index contributed by atoms with van der Waals surface area (Å²) in [6.07, 6.45) is 3.68. The minimum Gasteiger partial charge on any atom is -0.494 e. The van der Waals surface area contributed by atoms with Crippen LogP contribution in [0.25, 0.3) is 0 Å². The van der Waals surface area contributed by atoms with Crippen molar-refractivity contribution in [2.24, 2.45) is 5.92 Å². The topological polar surface area (TPSA) is 54.5 Å². The van der Waals surface area contributed by atoms with Gasteiger partial charge in [0.05, 0.1) is 6.61 Å². The summed E-state index contributed by atoms with van der Waals surface area (Å²) in [5.41, 5.74) is 1.88. The first-order chi connectivity index (χ1) is 18.0. The highest BCUT2D eigenvalue weighted by Gasteiger charge is 2.29. The van der Waals surface area contributed by atoms with Gasteiger partial charge in [-0.25, -0.2) is 18.2 Å². The third-order valence-corrected chi connectivity index (χ3v) is 6.20. The smallest absolute Gasteiger partial charge is 0.226 e. The SMILES string of the molecule is CCC1Cc2ccc(OCCCNc3ccccn3)cc2CN(Cc2ccc(F)c(F)c2F)C1=O.II. The van der Waals surface area contributed by atoms with Crippen molar-refractivity contribution in [3.63, 3.8) is 0 Å². The summed E-state index contributed by atoms with van der Waals surface area (Å²) in [5.74, 6) is -2.93. The number of carbonyl (C=O) groups excluding carboxylic acids is 1. The molecule has 4 rings (SSSR count). The maximum Gasteiger partial charge on any atom is 0.226 e. The van der Waals surface area contributed by atoms with Crippen LogP contribution in [0.1, 0.15) is 36.5 Å². The Labute approximate surface area is 238 Å². The fourth-order valence-corrected chi connectivity index (χ4v) is 4.23. The Balaban J connectivity index is 0.00000186. The average molecular weight is 737 g/mol. The Morgan fingerprint density at radius 1 is 1.08 bits per heavy atom. The highest BCUT2D eigenvalue weighted by Crippen LogP contribution is 2.29. The van der Waals surface area contributed by atoms with Crippen LogP contribution in [-0.4, -0.2) is 28.9 Å². The van der Waals surface area contributed by atoms with E-state index in [0.29, 0.717) is 31.7 Å². The van der Waals surface area contributed by atoms with E-state index in [1.807, 2.05) is 43.3 Å². The van der Waals surface area contributed by atoms with Crippen molar-refractivity contribution in [1.29, 1.82) is 0 Å². The van der Waals surface area contributed by atoms with Gasteiger partial charge in [0.15, 0.2) is 17.5 Å². The lowest BCUT2D eigenvalue weighted by Crippen LogP contribution is -2.34. The van der Waals surface area contributed by atoms with Gasteiger partial charge in [-0.15, -0.1) is 0 Å². The van der Waals surface area contributed by atoms with Crippen LogP contribution >= 0.6 is 37.2 Å². The highest BCUT2D eigenvalue weighted by molar-refractivity contribution is 15.0. The lowest BCUT2D eigenvalue weighted by atomic mass is 9.95. The van der Waals surface area contributed by atoms with E-state index in [1.54, 1.807) is 6.20 Å². The molecular formula is C27H28F3I2N3O2. The largest absolute Gasteiger partial charge is 0.494 e. The summed E-state index contributed by atoms with van der Waals surface area (Å²) in [7, 11) is 0. The fraction of sp³-hybridized carbons (Fsp3) is 0.333. The third kappa shape index (κ3) is 7.95. The van der Waals surface area contributed by atoms with Gasteiger partial charge < -0.3 is 15.0 Å². The summed E-state index contributed by atoms with van der Waals surface area (Å²) in [6.45, 7) is 3.24. The number of hydrogen-bond donors (Lipinski definition) is 1.